The number of halogens is 1. The van der Waals surface area contributed by atoms with Crippen LogP contribution in [0.25, 0.3) is 6.08 Å². The molecule has 0 spiro atoms. The summed E-state index contributed by atoms with van der Waals surface area (Å²) in [5.41, 5.74) is 1.75. The number of esters is 1. The van der Waals surface area contributed by atoms with Crippen LogP contribution in [0.5, 0.6) is 5.75 Å². The van der Waals surface area contributed by atoms with Gasteiger partial charge in [-0.15, -0.1) is 0 Å². The molecule has 0 aliphatic carbocycles. The molecule has 1 N–H and O–H groups in total. The lowest BCUT2D eigenvalue weighted by molar-refractivity contribution is -0.134. The van der Waals surface area contributed by atoms with Crippen LogP contribution in [-0.2, 0) is 16.0 Å². The average molecular weight is 416 g/mol. The van der Waals surface area contributed by atoms with Crippen molar-refractivity contribution >= 4 is 46.6 Å². The van der Waals surface area contributed by atoms with E-state index >= 15 is 0 Å². The SMILES string of the molecule is O=C(CCCCc1ccccc1)Oc1cccc(/C=C2\SC(=O)NC2=O)c1Cl. The first-order valence-corrected chi connectivity index (χ1v) is 10.0. The van der Waals surface area contributed by atoms with Gasteiger partial charge in [-0.25, -0.2) is 0 Å². The fourth-order valence-corrected chi connectivity index (χ4v) is 3.59. The molecule has 1 aliphatic rings. The molecular formula is C21H18ClNO4S. The lowest BCUT2D eigenvalue weighted by Gasteiger charge is -2.08. The Labute approximate surface area is 172 Å². The second kappa shape index (κ2) is 9.57. The Balaban J connectivity index is 1.55. The number of unbranched alkanes of at least 4 members (excludes halogenated alkanes) is 1. The van der Waals surface area contributed by atoms with Gasteiger partial charge in [-0.3, -0.25) is 19.7 Å². The van der Waals surface area contributed by atoms with E-state index in [-0.39, 0.29) is 21.6 Å². The van der Waals surface area contributed by atoms with E-state index in [1.54, 1.807) is 18.2 Å². The number of carbonyl (C=O) groups is 3. The first kappa shape index (κ1) is 20.2. The summed E-state index contributed by atoms with van der Waals surface area (Å²) in [6, 6.07) is 15.1. The van der Waals surface area contributed by atoms with E-state index in [9.17, 15) is 14.4 Å². The minimum Gasteiger partial charge on any atom is -0.425 e. The maximum atomic E-state index is 12.1. The molecule has 7 heteroatoms. The molecule has 3 rings (SSSR count). The van der Waals surface area contributed by atoms with Crippen molar-refractivity contribution in [1.29, 1.82) is 0 Å². The quantitative estimate of drug-likeness (QED) is 0.299. The molecule has 0 bridgehead atoms. The van der Waals surface area contributed by atoms with Gasteiger partial charge in [0.2, 0.25) is 0 Å². The zero-order valence-electron chi connectivity index (χ0n) is 14.9. The van der Waals surface area contributed by atoms with E-state index < -0.39 is 11.1 Å². The fraction of sp³-hybridized carbons (Fsp3) is 0.190. The summed E-state index contributed by atoms with van der Waals surface area (Å²) in [6.07, 6.45) is 4.31. The molecule has 28 heavy (non-hydrogen) atoms. The van der Waals surface area contributed by atoms with Gasteiger partial charge < -0.3 is 4.74 Å². The molecule has 144 valence electrons. The van der Waals surface area contributed by atoms with Gasteiger partial charge in [-0.2, -0.15) is 0 Å². The zero-order valence-corrected chi connectivity index (χ0v) is 16.5. The van der Waals surface area contributed by atoms with Crippen LogP contribution in [-0.4, -0.2) is 17.1 Å². The van der Waals surface area contributed by atoms with Crippen LogP contribution in [0.1, 0.15) is 30.4 Å². The summed E-state index contributed by atoms with van der Waals surface area (Å²) in [7, 11) is 0. The number of amides is 2. The number of nitrogens with one attached hydrogen (secondary N) is 1. The number of rotatable bonds is 7. The monoisotopic (exact) mass is 415 g/mol. The average Bonchev–Trinajstić information content (AvgIpc) is 3.00. The Bertz CT molecular complexity index is 927. The highest BCUT2D eigenvalue weighted by Gasteiger charge is 2.25. The molecule has 0 radical (unpaired) electrons. The molecule has 1 saturated heterocycles. The Kier molecular flexibility index (Phi) is 6.90. The molecule has 2 aromatic rings. The van der Waals surface area contributed by atoms with E-state index in [1.165, 1.54) is 11.6 Å². The molecule has 0 saturated carbocycles. The van der Waals surface area contributed by atoms with Gasteiger partial charge in [0.15, 0.2) is 0 Å². The van der Waals surface area contributed by atoms with Crippen molar-refractivity contribution in [3.05, 3.63) is 69.6 Å². The van der Waals surface area contributed by atoms with Gasteiger partial charge in [0, 0.05) is 6.42 Å². The van der Waals surface area contributed by atoms with Gasteiger partial charge in [-0.1, -0.05) is 54.1 Å². The van der Waals surface area contributed by atoms with Crippen molar-refractivity contribution in [2.45, 2.75) is 25.7 Å². The number of ether oxygens (including phenoxy) is 1. The van der Waals surface area contributed by atoms with Crippen LogP contribution in [0.2, 0.25) is 5.02 Å². The van der Waals surface area contributed by atoms with Crippen molar-refractivity contribution < 1.29 is 19.1 Å². The zero-order chi connectivity index (χ0) is 19.9. The van der Waals surface area contributed by atoms with Crippen molar-refractivity contribution in [3.8, 4) is 5.75 Å². The smallest absolute Gasteiger partial charge is 0.311 e. The summed E-state index contributed by atoms with van der Waals surface area (Å²) in [5.74, 6) is -0.589. The predicted molar refractivity (Wildman–Crippen MR) is 110 cm³/mol. The molecule has 1 heterocycles. The van der Waals surface area contributed by atoms with Crippen LogP contribution in [0.15, 0.2) is 53.4 Å². The summed E-state index contributed by atoms with van der Waals surface area (Å²) in [4.78, 5) is 35.3. The number of imide groups is 1. The fourth-order valence-electron chi connectivity index (χ4n) is 2.70. The Morgan fingerprint density at radius 2 is 1.86 bits per heavy atom. The standard InChI is InChI=1S/C21H18ClNO4S/c22-19-15(13-17-20(25)23-21(26)28-17)10-6-11-16(19)27-18(24)12-5-4-9-14-7-2-1-3-8-14/h1-3,6-8,10-11,13H,4-5,9,12H2,(H,23,25,26)/b17-13-. The van der Waals surface area contributed by atoms with Crippen molar-refractivity contribution in [3.63, 3.8) is 0 Å². The van der Waals surface area contributed by atoms with Gasteiger partial charge in [0.1, 0.15) is 5.75 Å². The van der Waals surface area contributed by atoms with Crippen molar-refractivity contribution in [1.82, 2.24) is 5.32 Å². The first-order valence-electron chi connectivity index (χ1n) is 8.81. The summed E-state index contributed by atoms with van der Waals surface area (Å²) >= 11 is 7.11. The third kappa shape index (κ3) is 5.47. The number of thioether (sulfide) groups is 1. The highest BCUT2D eigenvalue weighted by Crippen LogP contribution is 2.33. The van der Waals surface area contributed by atoms with E-state index in [1.807, 2.05) is 18.2 Å². The van der Waals surface area contributed by atoms with Gasteiger partial charge in [0.05, 0.1) is 9.93 Å². The molecule has 0 unspecified atom stereocenters. The van der Waals surface area contributed by atoms with E-state index in [0.29, 0.717) is 18.4 Å². The van der Waals surface area contributed by atoms with Crippen LogP contribution >= 0.6 is 23.4 Å². The predicted octanol–water partition coefficient (Wildman–Crippen LogP) is 4.98. The Morgan fingerprint density at radius 1 is 1.07 bits per heavy atom. The lowest BCUT2D eigenvalue weighted by Crippen LogP contribution is -2.17. The van der Waals surface area contributed by atoms with Crippen LogP contribution in [0.4, 0.5) is 4.79 Å². The third-order valence-electron chi connectivity index (χ3n) is 4.08. The molecule has 0 atom stereocenters. The summed E-state index contributed by atoms with van der Waals surface area (Å²) in [5, 5.41) is 1.98. The normalized spacial score (nSPS) is 15.0. The van der Waals surface area contributed by atoms with E-state index in [0.717, 1.165) is 24.6 Å². The van der Waals surface area contributed by atoms with Gasteiger partial charge >= 0.3 is 5.97 Å². The Hall–Kier alpha value is -2.57. The minimum atomic E-state index is -0.466. The number of aryl methyl sites for hydroxylation is 1. The summed E-state index contributed by atoms with van der Waals surface area (Å²) in [6.45, 7) is 0. The maximum absolute atomic E-state index is 12.1. The van der Waals surface area contributed by atoms with E-state index in [2.05, 4.69) is 17.4 Å². The Morgan fingerprint density at radius 3 is 2.57 bits per heavy atom. The third-order valence-corrected chi connectivity index (χ3v) is 5.30. The van der Waals surface area contributed by atoms with E-state index in [4.69, 9.17) is 16.3 Å². The number of hydrogen-bond acceptors (Lipinski definition) is 5. The van der Waals surface area contributed by atoms with Crippen LogP contribution in [0, 0.1) is 0 Å². The molecule has 1 aliphatic heterocycles. The van der Waals surface area contributed by atoms with Gasteiger partial charge in [0.25, 0.3) is 11.1 Å². The molecule has 5 nitrogen and oxygen atoms in total. The first-order chi connectivity index (χ1) is 13.5. The highest BCUT2D eigenvalue weighted by molar-refractivity contribution is 8.18. The number of benzene rings is 2. The maximum Gasteiger partial charge on any atom is 0.311 e. The molecule has 0 aromatic heterocycles. The topological polar surface area (TPSA) is 72.5 Å². The molecule has 2 amide bonds. The van der Waals surface area contributed by atoms with Crippen molar-refractivity contribution in [2.75, 3.05) is 0 Å². The largest absolute Gasteiger partial charge is 0.425 e. The molecule has 1 fully saturated rings. The highest BCUT2D eigenvalue weighted by atomic mass is 35.5. The molecule has 2 aromatic carbocycles. The minimum absolute atomic E-state index is 0.223. The van der Waals surface area contributed by atoms with Crippen molar-refractivity contribution in [2.24, 2.45) is 0 Å². The van der Waals surface area contributed by atoms with Crippen LogP contribution < -0.4 is 10.1 Å². The lowest BCUT2D eigenvalue weighted by atomic mass is 10.1. The second-order valence-corrected chi connectivity index (χ2v) is 7.57. The number of hydrogen-bond donors (Lipinski definition) is 1. The molecular weight excluding hydrogens is 398 g/mol. The van der Waals surface area contributed by atoms with Gasteiger partial charge in [-0.05, 0) is 54.3 Å². The van der Waals surface area contributed by atoms with Crippen LogP contribution in [0.3, 0.4) is 0 Å². The number of carbonyl (C=O) groups excluding carboxylic acids is 3. The second-order valence-electron chi connectivity index (χ2n) is 6.18. The summed E-state index contributed by atoms with van der Waals surface area (Å²) < 4.78 is 5.38.